The zero-order chi connectivity index (χ0) is 25.1. The molecule has 0 saturated carbocycles. The van der Waals surface area contributed by atoms with Crippen molar-refractivity contribution < 1.29 is 13.9 Å². The molecule has 1 aliphatic heterocycles. The number of para-hydroxylation sites is 2. The molecule has 3 aromatic carbocycles. The van der Waals surface area contributed by atoms with Gasteiger partial charge in [-0.3, -0.25) is 4.79 Å². The number of carbonyl (C=O) groups is 1. The van der Waals surface area contributed by atoms with E-state index in [4.69, 9.17) is 9.72 Å². The van der Waals surface area contributed by atoms with E-state index in [2.05, 4.69) is 42.7 Å². The van der Waals surface area contributed by atoms with E-state index in [0.717, 1.165) is 47.6 Å². The SMILES string of the molecule is Cc1cc(C)cc(OCCCCn2c(C3CC(=O)N(Cc4ccc(F)cc4)C3)nc3ccccc32)c1. The molecule has 0 bridgehead atoms. The van der Waals surface area contributed by atoms with Crippen LogP contribution in [-0.2, 0) is 17.9 Å². The summed E-state index contributed by atoms with van der Waals surface area (Å²) in [5, 5.41) is 0. The molecule has 1 atom stereocenters. The van der Waals surface area contributed by atoms with Gasteiger partial charge in [-0.05, 0) is 79.8 Å². The molecule has 1 amide bonds. The quantitative estimate of drug-likeness (QED) is 0.267. The first-order valence-corrected chi connectivity index (χ1v) is 12.6. The maximum absolute atomic E-state index is 13.3. The Kier molecular flexibility index (Phi) is 7.03. The molecule has 5 rings (SSSR count). The lowest BCUT2D eigenvalue weighted by atomic mass is 10.1. The Balaban J connectivity index is 1.25. The number of benzene rings is 3. The number of carbonyl (C=O) groups excluding carboxylic acids is 1. The van der Waals surface area contributed by atoms with Crippen molar-refractivity contribution in [1.29, 1.82) is 0 Å². The molecule has 2 heterocycles. The van der Waals surface area contributed by atoms with Crippen LogP contribution < -0.4 is 4.74 Å². The van der Waals surface area contributed by atoms with Crippen LogP contribution in [0.25, 0.3) is 11.0 Å². The Morgan fingerprint density at radius 1 is 1.00 bits per heavy atom. The van der Waals surface area contributed by atoms with E-state index >= 15 is 0 Å². The number of likely N-dealkylation sites (tertiary alicyclic amines) is 1. The van der Waals surface area contributed by atoms with Gasteiger partial charge in [0.15, 0.2) is 0 Å². The van der Waals surface area contributed by atoms with Gasteiger partial charge in [0.2, 0.25) is 5.91 Å². The number of unbranched alkanes of at least 4 members (excludes halogenated alkanes) is 1. The topological polar surface area (TPSA) is 47.4 Å². The molecule has 1 aliphatic rings. The normalized spacial score (nSPS) is 15.7. The molecule has 1 aromatic heterocycles. The van der Waals surface area contributed by atoms with Crippen LogP contribution in [0.4, 0.5) is 4.39 Å². The molecule has 0 aliphatic carbocycles. The number of aromatic nitrogens is 2. The van der Waals surface area contributed by atoms with E-state index in [0.29, 0.717) is 26.1 Å². The van der Waals surface area contributed by atoms with Crippen molar-refractivity contribution in [3.05, 3.63) is 95.1 Å². The van der Waals surface area contributed by atoms with Gasteiger partial charge in [-0.1, -0.05) is 30.3 Å². The van der Waals surface area contributed by atoms with Gasteiger partial charge in [0, 0.05) is 32.0 Å². The number of hydrogen-bond acceptors (Lipinski definition) is 3. The fraction of sp³-hybridized carbons (Fsp3) is 0.333. The molecule has 0 radical (unpaired) electrons. The van der Waals surface area contributed by atoms with Crippen molar-refractivity contribution >= 4 is 16.9 Å². The number of ether oxygens (including phenoxy) is 1. The lowest BCUT2D eigenvalue weighted by Crippen LogP contribution is -2.24. The average molecular weight is 486 g/mol. The number of fused-ring (bicyclic) bond motifs is 1. The molecule has 4 aromatic rings. The zero-order valence-electron chi connectivity index (χ0n) is 20.9. The number of hydrogen-bond donors (Lipinski definition) is 0. The Morgan fingerprint density at radius 2 is 1.75 bits per heavy atom. The van der Waals surface area contributed by atoms with Gasteiger partial charge in [-0.15, -0.1) is 0 Å². The third kappa shape index (κ3) is 5.43. The molecule has 1 fully saturated rings. The summed E-state index contributed by atoms with van der Waals surface area (Å²) < 4.78 is 21.6. The van der Waals surface area contributed by atoms with Crippen LogP contribution in [0.15, 0.2) is 66.7 Å². The van der Waals surface area contributed by atoms with Crippen LogP contribution in [0, 0.1) is 19.7 Å². The van der Waals surface area contributed by atoms with Gasteiger partial charge in [-0.25, -0.2) is 9.37 Å². The first-order chi connectivity index (χ1) is 17.5. The minimum absolute atomic E-state index is 0.0388. The van der Waals surface area contributed by atoms with Crippen molar-refractivity contribution in [2.45, 2.75) is 52.1 Å². The molecule has 186 valence electrons. The van der Waals surface area contributed by atoms with Gasteiger partial charge < -0.3 is 14.2 Å². The molecular weight excluding hydrogens is 453 g/mol. The Morgan fingerprint density at radius 3 is 2.53 bits per heavy atom. The van der Waals surface area contributed by atoms with Crippen molar-refractivity contribution in [1.82, 2.24) is 14.5 Å². The summed E-state index contributed by atoms with van der Waals surface area (Å²) in [6, 6.07) is 20.8. The van der Waals surface area contributed by atoms with Gasteiger partial charge in [-0.2, -0.15) is 0 Å². The third-order valence-electron chi connectivity index (χ3n) is 6.79. The Bertz CT molecular complexity index is 1340. The highest BCUT2D eigenvalue weighted by Gasteiger charge is 2.33. The summed E-state index contributed by atoms with van der Waals surface area (Å²) in [6.45, 7) is 6.77. The number of aryl methyl sites for hydroxylation is 3. The number of imidazole rings is 1. The second-order valence-electron chi connectivity index (χ2n) is 9.79. The molecule has 1 unspecified atom stereocenters. The lowest BCUT2D eigenvalue weighted by Gasteiger charge is -2.17. The lowest BCUT2D eigenvalue weighted by molar-refractivity contribution is -0.128. The first kappa shape index (κ1) is 24.0. The third-order valence-corrected chi connectivity index (χ3v) is 6.79. The van der Waals surface area contributed by atoms with Crippen LogP contribution in [0.3, 0.4) is 0 Å². The van der Waals surface area contributed by atoms with E-state index in [1.165, 1.54) is 23.3 Å². The summed E-state index contributed by atoms with van der Waals surface area (Å²) >= 11 is 0. The van der Waals surface area contributed by atoms with Crippen molar-refractivity contribution in [3.63, 3.8) is 0 Å². The Labute approximate surface area is 211 Å². The highest BCUT2D eigenvalue weighted by molar-refractivity contribution is 5.81. The van der Waals surface area contributed by atoms with Crippen LogP contribution in [0.1, 0.15) is 47.7 Å². The van der Waals surface area contributed by atoms with E-state index in [1.807, 2.05) is 23.1 Å². The van der Waals surface area contributed by atoms with E-state index in [9.17, 15) is 9.18 Å². The molecule has 36 heavy (non-hydrogen) atoms. The van der Waals surface area contributed by atoms with Crippen LogP contribution in [-0.4, -0.2) is 33.5 Å². The average Bonchev–Trinajstić information content (AvgIpc) is 3.40. The largest absolute Gasteiger partial charge is 0.494 e. The number of halogens is 1. The minimum Gasteiger partial charge on any atom is -0.494 e. The summed E-state index contributed by atoms with van der Waals surface area (Å²) in [6.07, 6.45) is 2.33. The monoisotopic (exact) mass is 485 g/mol. The van der Waals surface area contributed by atoms with Crippen molar-refractivity contribution in [2.75, 3.05) is 13.2 Å². The maximum atomic E-state index is 13.3. The smallest absolute Gasteiger partial charge is 0.223 e. The standard InChI is InChI=1S/C30H32FN3O2/c1-21-15-22(2)17-26(16-21)36-14-6-5-13-34-28-8-4-3-7-27(28)32-30(34)24-18-29(35)33(20-24)19-23-9-11-25(31)12-10-23/h3-4,7-12,15-17,24H,5-6,13-14,18-20H2,1-2H3. The highest BCUT2D eigenvalue weighted by Crippen LogP contribution is 2.31. The van der Waals surface area contributed by atoms with E-state index < -0.39 is 0 Å². The zero-order valence-corrected chi connectivity index (χ0v) is 20.9. The van der Waals surface area contributed by atoms with E-state index in [1.54, 1.807) is 12.1 Å². The molecule has 5 nitrogen and oxygen atoms in total. The maximum Gasteiger partial charge on any atom is 0.223 e. The Hall–Kier alpha value is -3.67. The molecular formula is C30H32FN3O2. The van der Waals surface area contributed by atoms with Crippen molar-refractivity contribution in [3.8, 4) is 5.75 Å². The first-order valence-electron chi connectivity index (χ1n) is 12.6. The predicted octanol–water partition coefficient (Wildman–Crippen LogP) is 6.17. The summed E-state index contributed by atoms with van der Waals surface area (Å²) in [5.74, 6) is 1.78. The fourth-order valence-corrected chi connectivity index (χ4v) is 5.13. The second kappa shape index (κ2) is 10.5. The molecule has 6 heteroatoms. The van der Waals surface area contributed by atoms with Gasteiger partial charge in [0.25, 0.3) is 0 Å². The van der Waals surface area contributed by atoms with Crippen LogP contribution in [0.5, 0.6) is 5.75 Å². The molecule has 0 spiro atoms. The van der Waals surface area contributed by atoms with Gasteiger partial charge in [0.05, 0.1) is 17.6 Å². The van der Waals surface area contributed by atoms with Gasteiger partial charge >= 0.3 is 0 Å². The highest BCUT2D eigenvalue weighted by atomic mass is 19.1. The van der Waals surface area contributed by atoms with Gasteiger partial charge in [0.1, 0.15) is 17.4 Å². The summed E-state index contributed by atoms with van der Waals surface area (Å²) in [7, 11) is 0. The van der Waals surface area contributed by atoms with Crippen LogP contribution in [0.2, 0.25) is 0 Å². The second-order valence-corrected chi connectivity index (χ2v) is 9.79. The fourth-order valence-electron chi connectivity index (χ4n) is 5.13. The molecule has 0 N–H and O–H groups in total. The number of amides is 1. The summed E-state index contributed by atoms with van der Waals surface area (Å²) in [5.41, 5.74) is 5.41. The number of rotatable bonds is 9. The van der Waals surface area contributed by atoms with E-state index in [-0.39, 0.29) is 17.6 Å². The minimum atomic E-state index is -0.266. The molecule has 1 saturated heterocycles. The summed E-state index contributed by atoms with van der Waals surface area (Å²) in [4.78, 5) is 19.6. The number of nitrogens with zero attached hydrogens (tertiary/aromatic N) is 3. The predicted molar refractivity (Wildman–Crippen MR) is 140 cm³/mol. The van der Waals surface area contributed by atoms with Crippen molar-refractivity contribution in [2.24, 2.45) is 0 Å². The van der Waals surface area contributed by atoms with Crippen LogP contribution >= 0.6 is 0 Å².